The monoisotopic (exact) mass is 294 g/mol. The molecule has 0 heterocycles. The summed E-state index contributed by atoms with van der Waals surface area (Å²) in [4.78, 5) is 11.3. The van der Waals surface area contributed by atoms with Crippen molar-refractivity contribution in [3.8, 4) is 5.75 Å². The lowest BCUT2D eigenvalue weighted by molar-refractivity contribution is -0.139. The van der Waals surface area contributed by atoms with Gasteiger partial charge in [-0.05, 0) is 35.9 Å². The molecule has 0 saturated heterocycles. The molecule has 2 aromatic rings. The zero-order valence-electron chi connectivity index (χ0n) is 10.4. The predicted molar refractivity (Wildman–Crippen MR) is 73.7 cm³/mol. The lowest BCUT2D eigenvalue weighted by Crippen LogP contribution is -2.19. The maximum absolute atomic E-state index is 12.8. The van der Waals surface area contributed by atoms with Crippen molar-refractivity contribution >= 4 is 17.6 Å². The number of rotatable bonds is 5. The number of carboxylic acids is 1. The first kappa shape index (κ1) is 14.3. The summed E-state index contributed by atoms with van der Waals surface area (Å²) < 4.78 is 18.2. The zero-order valence-corrected chi connectivity index (χ0v) is 11.2. The molecule has 0 amide bonds. The smallest absolute Gasteiger partial charge is 0.314 e. The molecule has 0 bridgehead atoms. The lowest BCUT2D eigenvalue weighted by atomic mass is 10.0. The van der Waals surface area contributed by atoms with Gasteiger partial charge in [-0.2, -0.15) is 0 Å². The molecule has 20 heavy (non-hydrogen) atoms. The highest BCUT2D eigenvalue weighted by Gasteiger charge is 2.23. The van der Waals surface area contributed by atoms with Gasteiger partial charge in [-0.15, -0.1) is 0 Å². The quantitative estimate of drug-likeness (QED) is 0.914. The van der Waals surface area contributed by atoms with Crippen molar-refractivity contribution in [1.29, 1.82) is 0 Å². The minimum Gasteiger partial charge on any atom is -0.492 e. The van der Waals surface area contributed by atoms with Crippen LogP contribution in [0.25, 0.3) is 0 Å². The Morgan fingerprint density at radius 1 is 1.20 bits per heavy atom. The Balaban J connectivity index is 2.13. The molecule has 0 aliphatic heterocycles. The fourth-order valence-corrected chi connectivity index (χ4v) is 2.03. The fourth-order valence-electron chi connectivity index (χ4n) is 1.76. The minimum absolute atomic E-state index is 0.0787. The Labute approximate surface area is 120 Å². The van der Waals surface area contributed by atoms with Crippen LogP contribution in [0.15, 0.2) is 48.5 Å². The molecule has 1 unspecified atom stereocenters. The molecule has 5 heteroatoms. The van der Waals surface area contributed by atoms with E-state index in [1.165, 1.54) is 24.3 Å². The van der Waals surface area contributed by atoms with E-state index < -0.39 is 11.9 Å². The van der Waals surface area contributed by atoms with Crippen molar-refractivity contribution in [2.75, 3.05) is 6.61 Å². The maximum atomic E-state index is 12.8. The molecular weight excluding hydrogens is 283 g/mol. The molecule has 0 radical (unpaired) electrons. The van der Waals surface area contributed by atoms with Crippen molar-refractivity contribution in [2.45, 2.75) is 5.92 Å². The van der Waals surface area contributed by atoms with Crippen LogP contribution in [-0.2, 0) is 4.79 Å². The first-order chi connectivity index (χ1) is 9.58. The van der Waals surface area contributed by atoms with Gasteiger partial charge in [0.15, 0.2) is 0 Å². The van der Waals surface area contributed by atoms with Gasteiger partial charge in [-0.3, -0.25) is 4.79 Å². The molecule has 1 N–H and O–H groups in total. The van der Waals surface area contributed by atoms with Crippen LogP contribution in [0.1, 0.15) is 11.5 Å². The van der Waals surface area contributed by atoms with Crippen LogP contribution in [-0.4, -0.2) is 17.7 Å². The first-order valence-electron chi connectivity index (χ1n) is 5.93. The van der Waals surface area contributed by atoms with E-state index in [1.54, 1.807) is 24.3 Å². The SMILES string of the molecule is O=C(O)C(COc1ccc(F)cc1)c1ccccc1Cl. The third-order valence-corrected chi connectivity index (χ3v) is 3.15. The van der Waals surface area contributed by atoms with Crippen LogP contribution in [0.4, 0.5) is 4.39 Å². The molecule has 2 aromatic carbocycles. The second-order valence-electron chi connectivity index (χ2n) is 4.18. The third kappa shape index (κ3) is 3.48. The van der Waals surface area contributed by atoms with E-state index in [0.29, 0.717) is 16.3 Å². The standard InChI is InChI=1S/C15H12ClFO3/c16-14-4-2-1-3-12(14)13(15(18)19)9-20-11-7-5-10(17)6-8-11/h1-8,13H,9H2,(H,18,19). The number of aliphatic carboxylic acids is 1. The van der Waals surface area contributed by atoms with Gasteiger partial charge < -0.3 is 9.84 Å². The number of ether oxygens (including phenoxy) is 1. The number of carboxylic acid groups (broad SMARTS) is 1. The Morgan fingerprint density at radius 2 is 1.85 bits per heavy atom. The van der Waals surface area contributed by atoms with Crippen LogP contribution in [0.5, 0.6) is 5.75 Å². The Bertz CT molecular complexity index is 598. The molecule has 0 aliphatic rings. The molecule has 0 aliphatic carbocycles. The molecule has 104 valence electrons. The van der Waals surface area contributed by atoms with Gasteiger partial charge in [-0.1, -0.05) is 29.8 Å². The van der Waals surface area contributed by atoms with Crippen LogP contribution < -0.4 is 4.74 Å². The normalized spacial score (nSPS) is 11.9. The first-order valence-corrected chi connectivity index (χ1v) is 6.31. The molecule has 3 nitrogen and oxygen atoms in total. The number of carbonyl (C=O) groups is 1. The summed E-state index contributed by atoms with van der Waals surface area (Å²) in [5.74, 6) is -1.88. The van der Waals surface area contributed by atoms with Gasteiger partial charge in [0, 0.05) is 5.02 Å². The average Bonchev–Trinajstić information content (AvgIpc) is 2.42. The number of hydrogen-bond acceptors (Lipinski definition) is 2. The lowest BCUT2D eigenvalue weighted by Gasteiger charge is -2.15. The highest BCUT2D eigenvalue weighted by atomic mass is 35.5. The summed E-state index contributed by atoms with van der Waals surface area (Å²) in [6.07, 6.45) is 0. The molecule has 2 rings (SSSR count). The Kier molecular flexibility index (Phi) is 4.58. The van der Waals surface area contributed by atoms with Crippen molar-refractivity contribution in [1.82, 2.24) is 0 Å². The molecule has 0 saturated carbocycles. The summed E-state index contributed by atoms with van der Waals surface area (Å²) in [5.41, 5.74) is 0.490. The van der Waals surface area contributed by atoms with Crippen molar-refractivity contribution < 1.29 is 19.0 Å². The highest BCUT2D eigenvalue weighted by molar-refractivity contribution is 6.31. The van der Waals surface area contributed by atoms with Gasteiger partial charge in [-0.25, -0.2) is 4.39 Å². The van der Waals surface area contributed by atoms with E-state index in [-0.39, 0.29) is 12.4 Å². The van der Waals surface area contributed by atoms with Gasteiger partial charge in [0.05, 0.1) is 0 Å². The second-order valence-corrected chi connectivity index (χ2v) is 4.58. The Hall–Kier alpha value is -2.07. The Morgan fingerprint density at radius 3 is 2.45 bits per heavy atom. The van der Waals surface area contributed by atoms with Gasteiger partial charge >= 0.3 is 5.97 Å². The van der Waals surface area contributed by atoms with E-state index in [4.69, 9.17) is 16.3 Å². The van der Waals surface area contributed by atoms with Gasteiger partial charge in [0.2, 0.25) is 0 Å². The van der Waals surface area contributed by atoms with Gasteiger partial charge in [0.25, 0.3) is 0 Å². The molecule has 1 atom stereocenters. The minimum atomic E-state index is -1.03. The summed E-state index contributed by atoms with van der Waals surface area (Å²) in [7, 11) is 0. The van der Waals surface area contributed by atoms with E-state index in [9.17, 15) is 14.3 Å². The molecule has 0 fully saturated rings. The highest BCUT2D eigenvalue weighted by Crippen LogP contribution is 2.25. The average molecular weight is 295 g/mol. The fraction of sp³-hybridized carbons (Fsp3) is 0.133. The summed E-state index contributed by atoms with van der Waals surface area (Å²) in [6, 6.07) is 12.1. The van der Waals surface area contributed by atoms with E-state index in [1.807, 2.05) is 0 Å². The van der Waals surface area contributed by atoms with Gasteiger partial charge in [0.1, 0.15) is 24.1 Å². The largest absolute Gasteiger partial charge is 0.492 e. The van der Waals surface area contributed by atoms with Crippen LogP contribution >= 0.6 is 11.6 Å². The number of benzene rings is 2. The van der Waals surface area contributed by atoms with Crippen molar-refractivity contribution in [3.63, 3.8) is 0 Å². The predicted octanol–water partition coefficient (Wildman–Crippen LogP) is 3.73. The summed E-state index contributed by atoms with van der Waals surface area (Å²) in [6.45, 7) is -0.0787. The van der Waals surface area contributed by atoms with Crippen molar-refractivity contribution in [3.05, 3.63) is 64.9 Å². The molecule has 0 spiro atoms. The van der Waals surface area contributed by atoms with E-state index in [2.05, 4.69) is 0 Å². The molecular formula is C15H12ClFO3. The zero-order chi connectivity index (χ0) is 14.5. The number of halogens is 2. The summed E-state index contributed by atoms with van der Waals surface area (Å²) >= 11 is 6.00. The van der Waals surface area contributed by atoms with Crippen molar-refractivity contribution in [2.24, 2.45) is 0 Å². The van der Waals surface area contributed by atoms with E-state index in [0.717, 1.165) is 0 Å². The van der Waals surface area contributed by atoms with E-state index >= 15 is 0 Å². The number of hydrogen-bond donors (Lipinski definition) is 1. The second kappa shape index (κ2) is 6.39. The molecule has 0 aromatic heterocycles. The topological polar surface area (TPSA) is 46.5 Å². The van der Waals surface area contributed by atoms with Crippen LogP contribution in [0, 0.1) is 5.82 Å². The summed E-state index contributed by atoms with van der Waals surface area (Å²) in [5, 5.41) is 9.65. The maximum Gasteiger partial charge on any atom is 0.314 e. The third-order valence-electron chi connectivity index (χ3n) is 2.81. The van der Waals surface area contributed by atoms with Crippen LogP contribution in [0.2, 0.25) is 5.02 Å². The van der Waals surface area contributed by atoms with Crippen LogP contribution in [0.3, 0.4) is 0 Å².